The molecule has 2 saturated carbocycles. The van der Waals surface area contributed by atoms with Crippen LogP contribution in [-0.2, 0) is 0 Å². The van der Waals surface area contributed by atoms with E-state index in [9.17, 15) is 0 Å². The molecule has 0 amide bonds. The first-order chi connectivity index (χ1) is 5.43. The van der Waals surface area contributed by atoms with Crippen molar-refractivity contribution in [3.63, 3.8) is 0 Å². The summed E-state index contributed by atoms with van der Waals surface area (Å²) in [4.78, 5) is 0. The van der Waals surface area contributed by atoms with E-state index in [1.165, 1.54) is 19.3 Å². The summed E-state index contributed by atoms with van der Waals surface area (Å²) in [5, 5.41) is 0. The summed E-state index contributed by atoms with van der Waals surface area (Å²) in [5.41, 5.74) is 1.72. The van der Waals surface area contributed by atoms with Crippen molar-refractivity contribution in [2.45, 2.75) is 25.7 Å². The fourth-order valence-electron chi connectivity index (χ4n) is 2.78. The first-order valence-electron chi connectivity index (χ1n) is 4.79. The van der Waals surface area contributed by atoms with Gasteiger partial charge in [-0.3, -0.25) is 0 Å². The van der Waals surface area contributed by atoms with Crippen LogP contribution in [0.4, 0.5) is 0 Å². The Bertz CT molecular complexity index is 224. The van der Waals surface area contributed by atoms with Gasteiger partial charge in [0, 0.05) is 0 Å². The van der Waals surface area contributed by atoms with Crippen molar-refractivity contribution in [1.82, 2.24) is 0 Å². The first-order valence-corrected chi connectivity index (χ1v) is 4.79. The van der Waals surface area contributed by atoms with Gasteiger partial charge in [0.25, 0.3) is 0 Å². The summed E-state index contributed by atoms with van der Waals surface area (Å²) >= 11 is 0. The third-order valence-corrected chi connectivity index (χ3v) is 3.57. The molecule has 3 aliphatic carbocycles. The molecule has 2 unspecified atom stereocenters. The average molecular weight is 146 g/mol. The minimum atomic E-state index is 0.980. The number of fused-ring (bicyclic) bond motifs is 1. The smallest absolute Gasteiger partial charge is 0.0130 e. The third kappa shape index (κ3) is 0.885. The van der Waals surface area contributed by atoms with E-state index in [0.29, 0.717) is 0 Å². The van der Waals surface area contributed by atoms with Crippen molar-refractivity contribution < 1.29 is 0 Å². The van der Waals surface area contributed by atoms with E-state index >= 15 is 0 Å². The number of hydrogen-bond acceptors (Lipinski definition) is 0. The van der Waals surface area contributed by atoms with Crippen molar-refractivity contribution >= 4 is 0 Å². The molecule has 11 heavy (non-hydrogen) atoms. The van der Waals surface area contributed by atoms with Gasteiger partial charge in [-0.25, -0.2) is 0 Å². The molecule has 0 heteroatoms. The van der Waals surface area contributed by atoms with Gasteiger partial charge in [-0.1, -0.05) is 23.8 Å². The van der Waals surface area contributed by atoms with E-state index in [1.54, 1.807) is 12.0 Å². The van der Waals surface area contributed by atoms with Crippen LogP contribution in [0.3, 0.4) is 0 Å². The second-order valence-corrected chi connectivity index (χ2v) is 4.30. The van der Waals surface area contributed by atoms with E-state index in [0.717, 1.165) is 17.8 Å². The van der Waals surface area contributed by atoms with Crippen LogP contribution in [0.25, 0.3) is 0 Å². The number of hydrogen-bond donors (Lipinski definition) is 0. The molecule has 3 aliphatic rings. The normalized spacial score (nSPS) is 45.8. The summed E-state index contributed by atoms with van der Waals surface area (Å²) in [5.74, 6) is 3.26. The van der Waals surface area contributed by atoms with Gasteiger partial charge in [0.15, 0.2) is 0 Å². The highest BCUT2D eigenvalue weighted by molar-refractivity contribution is 5.27. The van der Waals surface area contributed by atoms with Gasteiger partial charge in [-0.05, 0) is 43.4 Å². The Morgan fingerprint density at radius 3 is 2.55 bits per heavy atom. The van der Waals surface area contributed by atoms with Crippen LogP contribution in [0.15, 0.2) is 23.8 Å². The molecular formula is C11H14. The Balaban J connectivity index is 1.72. The van der Waals surface area contributed by atoms with Crippen molar-refractivity contribution in [2.75, 3.05) is 0 Å². The molecule has 3 rings (SSSR count). The zero-order valence-electron chi connectivity index (χ0n) is 6.79. The van der Waals surface area contributed by atoms with Gasteiger partial charge in [0.1, 0.15) is 0 Å². The molecule has 0 spiro atoms. The quantitative estimate of drug-likeness (QED) is 0.533. The predicted molar refractivity (Wildman–Crippen MR) is 46.2 cm³/mol. The van der Waals surface area contributed by atoms with Gasteiger partial charge >= 0.3 is 0 Å². The van der Waals surface area contributed by atoms with Crippen molar-refractivity contribution in [1.29, 1.82) is 0 Å². The Morgan fingerprint density at radius 2 is 1.91 bits per heavy atom. The fraction of sp³-hybridized carbons (Fsp3) is 0.636. The highest BCUT2D eigenvalue weighted by Crippen LogP contribution is 2.56. The fourth-order valence-corrected chi connectivity index (χ4v) is 2.78. The van der Waals surface area contributed by atoms with Crippen LogP contribution in [-0.4, -0.2) is 0 Å². The van der Waals surface area contributed by atoms with Crippen LogP contribution in [0, 0.1) is 17.8 Å². The Morgan fingerprint density at radius 1 is 1.09 bits per heavy atom. The summed E-state index contributed by atoms with van der Waals surface area (Å²) in [6, 6.07) is 0. The van der Waals surface area contributed by atoms with Gasteiger partial charge in [0.05, 0.1) is 0 Å². The Kier molecular flexibility index (Phi) is 1.10. The second-order valence-electron chi connectivity index (χ2n) is 4.30. The molecule has 0 aromatic heterocycles. The van der Waals surface area contributed by atoms with E-state index in [1.807, 2.05) is 0 Å². The lowest BCUT2D eigenvalue weighted by Crippen LogP contribution is -1.99. The largest absolute Gasteiger partial charge is 0.0805 e. The highest BCUT2D eigenvalue weighted by Gasteiger charge is 2.46. The molecule has 2 fully saturated rings. The van der Waals surface area contributed by atoms with E-state index < -0.39 is 0 Å². The summed E-state index contributed by atoms with van der Waals surface area (Å²) in [7, 11) is 0. The van der Waals surface area contributed by atoms with Crippen LogP contribution < -0.4 is 0 Å². The molecule has 0 aromatic rings. The SMILES string of the molecule is C1=CCC(C2CC3CC3C2)=C1. The molecule has 0 heterocycles. The van der Waals surface area contributed by atoms with E-state index in [-0.39, 0.29) is 0 Å². The summed E-state index contributed by atoms with van der Waals surface area (Å²) in [6.45, 7) is 0. The lowest BCUT2D eigenvalue weighted by Gasteiger charge is -2.12. The van der Waals surface area contributed by atoms with Crippen molar-refractivity contribution in [2.24, 2.45) is 17.8 Å². The minimum absolute atomic E-state index is 0.980. The third-order valence-electron chi connectivity index (χ3n) is 3.57. The summed E-state index contributed by atoms with van der Waals surface area (Å²) in [6.07, 6.45) is 12.7. The van der Waals surface area contributed by atoms with E-state index in [4.69, 9.17) is 0 Å². The molecule has 0 radical (unpaired) electrons. The maximum atomic E-state index is 2.34. The van der Waals surface area contributed by atoms with Crippen LogP contribution in [0.5, 0.6) is 0 Å². The van der Waals surface area contributed by atoms with Gasteiger partial charge < -0.3 is 0 Å². The van der Waals surface area contributed by atoms with Crippen LogP contribution in [0.2, 0.25) is 0 Å². The summed E-state index contributed by atoms with van der Waals surface area (Å²) < 4.78 is 0. The highest BCUT2D eigenvalue weighted by atomic mass is 14.5. The molecule has 2 atom stereocenters. The van der Waals surface area contributed by atoms with Crippen molar-refractivity contribution in [3.8, 4) is 0 Å². The Hall–Kier alpha value is -0.520. The standard InChI is InChI=1S/C11H14/c1-2-4-8(3-1)9-5-10-7-11(10)6-9/h1-3,9-11H,4-7H2. The molecule has 0 N–H and O–H groups in total. The maximum absolute atomic E-state index is 2.34. The Labute approximate surface area is 68.0 Å². The minimum Gasteiger partial charge on any atom is -0.0805 e. The van der Waals surface area contributed by atoms with E-state index in [2.05, 4.69) is 18.2 Å². The van der Waals surface area contributed by atoms with Crippen molar-refractivity contribution in [3.05, 3.63) is 23.8 Å². The second kappa shape index (κ2) is 2.00. The molecule has 0 aliphatic heterocycles. The first kappa shape index (κ1) is 6.05. The van der Waals surface area contributed by atoms with Crippen LogP contribution in [0.1, 0.15) is 25.7 Å². The van der Waals surface area contributed by atoms with Gasteiger partial charge in [0.2, 0.25) is 0 Å². The number of rotatable bonds is 1. The molecular weight excluding hydrogens is 132 g/mol. The lowest BCUT2D eigenvalue weighted by atomic mass is 9.93. The molecule has 0 nitrogen and oxygen atoms in total. The maximum Gasteiger partial charge on any atom is -0.0130 e. The molecule has 0 aromatic carbocycles. The molecule has 0 saturated heterocycles. The van der Waals surface area contributed by atoms with Gasteiger partial charge in [-0.2, -0.15) is 0 Å². The number of allylic oxidation sites excluding steroid dienone is 4. The zero-order valence-corrected chi connectivity index (χ0v) is 6.79. The molecule has 58 valence electrons. The zero-order chi connectivity index (χ0) is 7.26. The predicted octanol–water partition coefficient (Wildman–Crippen LogP) is 2.92. The van der Waals surface area contributed by atoms with Gasteiger partial charge in [-0.15, -0.1) is 0 Å². The topological polar surface area (TPSA) is 0 Å². The van der Waals surface area contributed by atoms with Crippen LogP contribution >= 0.6 is 0 Å². The molecule has 0 bridgehead atoms. The lowest BCUT2D eigenvalue weighted by molar-refractivity contribution is 0.554. The monoisotopic (exact) mass is 146 g/mol. The average Bonchev–Trinajstić information content (AvgIpc) is 2.60.